The average Bonchev–Trinajstić information content (AvgIpc) is 2.80. The van der Waals surface area contributed by atoms with E-state index < -0.39 is 6.04 Å². The van der Waals surface area contributed by atoms with Crippen LogP contribution in [0.4, 0.5) is 5.82 Å². The Morgan fingerprint density at radius 2 is 2.09 bits per heavy atom. The molecule has 0 aromatic carbocycles. The Morgan fingerprint density at radius 3 is 2.70 bits per heavy atom. The molecular formula is C16H24N4O3. The van der Waals surface area contributed by atoms with Crippen LogP contribution in [-0.4, -0.2) is 60.6 Å². The third-order valence-electron chi connectivity index (χ3n) is 3.78. The Morgan fingerprint density at radius 1 is 1.30 bits per heavy atom. The molecular weight excluding hydrogens is 296 g/mol. The van der Waals surface area contributed by atoms with Gasteiger partial charge in [-0.25, -0.2) is 9.78 Å². The molecule has 7 heteroatoms. The van der Waals surface area contributed by atoms with Gasteiger partial charge < -0.3 is 20.3 Å². The molecule has 0 radical (unpaired) electrons. The Kier molecular flexibility index (Phi) is 5.92. The highest BCUT2D eigenvalue weighted by Crippen LogP contribution is 2.15. The van der Waals surface area contributed by atoms with Crippen molar-refractivity contribution in [1.29, 1.82) is 0 Å². The molecule has 1 aromatic rings. The number of hydrogen-bond acceptors (Lipinski definition) is 6. The summed E-state index contributed by atoms with van der Waals surface area (Å²) in [5.74, 6) is 0.418. The van der Waals surface area contributed by atoms with Crippen molar-refractivity contribution >= 4 is 17.7 Å². The lowest BCUT2D eigenvalue weighted by Gasteiger charge is -2.24. The number of carbonyl (C=O) groups excluding carboxylic acids is 2. The summed E-state index contributed by atoms with van der Waals surface area (Å²) in [6.07, 6.45) is 2.39. The van der Waals surface area contributed by atoms with Gasteiger partial charge in [0.05, 0.1) is 18.2 Å². The first kappa shape index (κ1) is 17.2. The summed E-state index contributed by atoms with van der Waals surface area (Å²) in [5, 5.41) is 0. The van der Waals surface area contributed by atoms with Crippen LogP contribution in [0.5, 0.6) is 0 Å². The Balaban J connectivity index is 2.00. The van der Waals surface area contributed by atoms with Crippen molar-refractivity contribution in [2.24, 2.45) is 5.73 Å². The third-order valence-corrected chi connectivity index (χ3v) is 3.78. The average molecular weight is 320 g/mol. The van der Waals surface area contributed by atoms with Gasteiger partial charge in [0, 0.05) is 32.4 Å². The van der Waals surface area contributed by atoms with Crippen LogP contribution >= 0.6 is 0 Å². The van der Waals surface area contributed by atoms with Crippen LogP contribution in [-0.2, 0) is 9.53 Å². The molecule has 1 aliphatic rings. The standard InChI is InChI=1S/C16H24N4O3/c1-3-23-16(22)13-5-6-14(18-11-13)19-7-4-8-20(10-9-19)15(21)12(2)17/h5-6,11-12H,3-4,7-10,17H2,1-2H3/t12-/m1/s1. The second-order valence-electron chi connectivity index (χ2n) is 5.58. The second-order valence-corrected chi connectivity index (χ2v) is 5.58. The summed E-state index contributed by atoms with van der Waals surface area (Å²) in [5.41, 5.74) is 6.12. The molecule has 0 spiro atoms. The molecule has 1 fully saturated rings. The number of rotatable bonds is 4. The van der Waals surface area contributed by atoms with E-state index in [1.807, 2.05) is 6.07 Å². The maximum Gasteiger partial charge on any atom is 0.339 e. The van der Waals surface area contributed by atoms with Gasteiger partial charge in [-0.2, -0.15) is 0 Å². The van der Waals surface area contributed by atoms with Crippen molar-refractivity contribution in [3.63, 3.8) is 0 Å². The number of anilines is 1. The van der Waals surface area contributed by atoms with E-state index in [0.717, 1.165) is 18.8 Å². The van der Waals surface area contributed by atoms with Crippen molar-refractivity contribution in [2.45, 2.75) is 26.3 Å². The van der Waals surface area contributed by atoms with E-state index in [4.69, 9.17) is 10.5 Å². The summed E-state index contributed by atoms with van der Waals surface area (Å²) in [7, 11) is 0. The summed E-state index contributed by atoms with van der Waals surface area (Å²) in [6, 6.07) is 3.06. The largest absolute Gasteiger partial charge is 0.462 e. The predicted molar refractivity (Wildman–Crippen MR) is 87.3 cm³/mol. The number of nitrogens with zero attached hydrogens (tertiary/aromatic N) is 3. The minimum Gasteiger partial charge on any atom is -0.462 e. The monoisotopic (exact) mass is 320 g/mol. The number of aromatic nitrogens is 1. The minimum atomic E-state index is -0.469. The summed E-state index contributed by atoms with van der Waals surface area (Å²) in [6.45, 7) is 6.67. The number of pyridine rings is 1. The maximum absolute atomic E-state index is 12.0. The number of esters is 1. The molecule has 126 valence electrons. The van der Waals surface area contributed by atoms with E-state index >= 15 is 0 Å². The van der Waals surface area contributed by atoms with Crippen molar-refractivity contribution < 1.29 is 14.3 Å². The van der Waals surface area contributed by atoms with E-state index in [1.165, 1.54) is 6.20 Å². The molecule has 0 bridgehead atoms. The lowest BCUT2D eigenvalue weighted by molar-refractivity contribution is -0.131. The quantitative estimate of drug-likeness (QED) is 0.819. The van der Waals surface area contributed by atoms with Crippen molar-refractivity contribution in [2.75, 3.05) is 37.7 Å². The first-order valence-electron chi connectivity index (χ1n) is 7.95. The lowest BCUT2D eigenvalue weighted by Crippen LogP contribution is -2.43. The predicted octanol–water partition coefficient (Wildman–Crippen LogP) is 0.644. The first-order valence-corrected chi connectivity index (χ1v) is 7.95. The molecule has 1 aromatic heterocycles. The van der Waals surface area contributed by atoms with Gasteiger partial charge in [-0.3, -0.25) is 4.79 Å². The summed E-state index contributed by atoms with van der Waals surface area (Å²) >= 11 is 0. The summed E-state index contributed by atoms with van der Waals surface area (Å²) < 4.78 is 4.95. The Hall–Kier alpha value is -2.15. The van der Waals surface area contributed by atoms with E-state index in [-0.39, 0.29) is 11.9 Å². The van der Waals surface area contributed by atoms with Crippen molar-refractivity contribution in [3.8, 4) is 0 Å². The molecule has 2 N–H and O–H groups in total. The van der Waals surface area contributed by atoms with Crippen LogP contribution < -0.4 is 10.6 Å². The molecule has 7 nitrogen and oxygen atoms in total. The van der Waals surface area contributed by atoms with Gasteiger partial charge in [0.25, 0.3) is 0 Å². The van der Waals surface area contributed by atoms with Gasteiger partial charge >= 0.3 is 5.97 Å². The van der Waals surface area contributed by atoms with Crippen LogP contribution in [0.2, 0.25) is 0 Å². The lowest BCUT2D eigenvalue weighted by atomic mass is 10.2. The van der Waals surface area contributed by atoms with Crippen LogP contribution in [0.1, 0.15) is 30.6 Å². The maximum atomic E-state index is 12.0. The van der Waals surface area contributed by atoms with Gasteiger partial charge in [-0.15, -0.1) is 0 Å². The number of ether oxygens (including phenoxy) is 1. The number of hydrogen-bond donors (Lipinski definition) is 1. The molecule has 0 saturated carbocycles. The number of carbonyl (C=O) groups is 2. The SMILES string of the molecule is CCOC(=O)c1ccc(N2CCCN(C(=O)[C@@H](C)N)CC2)nc1. The highest BCUT2D eigenvalue weighted by Gasteiger charge is 2.22. The van der Waals surface area contributed by atoms with Gasteiger partial charge in [-0.05, 0) is 32.4 Å². The van der Waals surface area contributed by atoms with Crippen LogP contribution in [0.15, 0.2) is 18.3 Å². The molecule has 23 heavy (non-hydrogen) atoms. The molecule has 2 rings (SSSR count). The molecule has 1 amide bonds. The van der Waals surface area contributed by atoms with Crippen molar-refractivity contribution in [3.05, 3.63) is 23.9 Å². The smallest absolute Gasteiger partial charge is 0.339 e. The van der Waals surface area contributed by atoms with Gasteiger partial charge in [-0.1, -0.05) is 0 Å². The van der Waals surface area contributed by atoms with E-state index in [0.29, 0.717) is 31.8 Å². The molecule has 2 heterocycles. The zero-order valence-electron chi connectivity index (χ0n) is 13.7. The van der Waals surface area contributed by atoms with Crippen molar-refractivity contribution in [1.82, 2.24) is 9.88 Å². The Bertz CT molecular complexity index is 545. The normalized spacial score (nSPS) is 16.7. The topological polar surface area (TPSA) is 88.8 Å². The fourth-order valence-corrected chi connectivity index (χ4v) is 2.56. The highest BCUT2D eigenvalue weighted by atomic mass is 16.5. The van der Waals surface area contributed by atoms with E-state index in [9.17, 15) is 9.59 Å². The zero-order chi connectivity index (χ0) is 16.8. The fourth-order valence-electron chi connectivity index (χ4n) is 2.56. The molecule has 1 atom stereocenters. The van der Waals surface area contributed by atoms with E-state index in [2.05, 4.69) is 9.88 Å². The number of amides is 1. The first-order chi connectivity index (χ1) is 11.0. The van der Waals surface area contributed by atoms with E-state index in [1.54, 1.807) is 24.8 Å². The molecule has 1 aliphatic heterocycles. The zero-order valence-corrected chi connectivity index (χ0v) is 13.7. The molecule has 0 unspecified atom stereocenters. The fraction of sp³-hybridized carbons (Fsp3) is 0.562. The third kappa shape index (κ3) is 4.41. The van der Waals surface area contributed by atoms with Gasteiger partial charge in [0.2, 0.25) is 5.91 Å². The van der Waals surface area contributed by atoms with Crippen LogP contribution in [0.3, 0.4) is 0 Å². The number of nitrogens with two attached hydrogens (primary N) is 1. The second kappa shape index (κ2) is 7.92. The van der Waals surface area contributed by atoms with Gasteiger partial charge in [0.15, 0.2) is 0 Å². The van der Waals surface area contributed by atoms with Gasteiger partial charge in [0.1, 0.15) is 5.82 Å². The molecule has 0 aliphatic carbocycles. The van der Waals surface area contributed by atoms with Crippen LogP contribution in [0.25, 0.3) is 0 Å². The highest BCUT2D eigenvalue weighted by molar-refractivity contribution is 5.89. The summed E-state index contributed by atoms with van der Waals surface area (Å²) in [4.78, 5) is 31.9. The van der Waals surface area contributed by atoms with Crippen LogP contribution in [0, 0.1) is 0 Å². The Labute approximate surface area is 136 Å². The minimum absolute atomic E-state index is 0.0162. The molecule has 1 saturated heterocycles.